The van der Waals surface area contributed by atoms with E-state index in [9.17, 15) is 0 Å². The lowest BCUT2D eigenvalue weighted by atomic mass is 10.2. The van der Waals surface area contributed by atoms with Crippen LogP contribution in [0.3, 0.4) is 0 Å². The zero-order chi connectivity index (χ0) is 10.8. The Morgan fingerprint density at radius 3 is 2.67 bits per heavy atom. The fourth-order valence-corrected chi connectivity index (χ4v) is 3.07. The molecule has 0 aliphatic carbocycles. The largest absolute Gasteiger partial charge is 0.330 e. The summed E-state index contributed by atoms with van der Waals surface area (Å²) in [4.78, 5) is 0. The molecule has 0 heterocycles. The smallest absolute Gasteiger partial charge is 0.0213 e. The molecule has 0 aliphatic heterocycles. The molecule has 0 saturated heterocycles. The van der Waals surface area contributed by atoms with Gasteiger partial charge in [-0.15, -0.1) is 0 Å². The Bertz CT molecular complexity index is 239. The third-order valence-corrected chi connectivity index (χ3v) is 4.33. The standard InChI is InChI=1S/C12H22N2Si/c13-7-4-9-15-10-8-14-11-12-5-2-1-3-6-12/h1-3,5-6,14H,4,7-11,13,15H2. The van der Waals surface area contributed by atoms with Crippen LogP contribution in [-0.2, 0) is 6.54 Å². The Hall–Kier alpha value is -0.643. The first-order chi connectivity index (χ1) is 7.43. The lowest BCUT2D eigenvalue weighted by Crippen LogP contribution is -2.16. The van der Waals surface area contributed by atoms with Crippen molar-refractivity contribution in [2.75, 3.05) is 13.1 Å². The minimum atomic E-state index is 0.158. The molecule has 3 heteroatoms. The van der Waals surface area contributed by atoms with Crippen LogP contribution in [0.25, 0.3) is 0 Å². The molecule has 0 aliphatic rings. The van der Waals surface area contributed by atoms with Crippen molar-refractivity contribution in [3.63, 3.8) is 0 Å². The summed E-state index contributed by atoms with van der Waals surface area (Å²) in [7, 11) is 0.158. The van der Waals surface area contributed by atoms with Gasteiger partial charge in [0, 0.05) is 16.1 Å². The molecule has 1 aromatic carbocycles. The minimum Gasteiger partial charge on any atom is -0.330 e. The average molecular weight is 222 g/mol. The highest BCUT2D eigenvalue weighted by molar-refractivity contribution is 6.35. The van der Waals surface area contributed by atoms with Crippen LogP contribution in [0.2, 0.25) is 12.1 Å². The van der Waals surface area contributed by atoms with Gasteiger partial charge in [-0.25, -0.2) is 0 Å². The van der Waals surface area contributed by atoms with Gasteiger partial charge in [-0.05, 0) is 25.1 Å². The molecular formula is C12H22N2Si. The van der Waals surface area contributed by atoms with Gasteiger partial charge in [-0.1, -0.05) is 42.4 Å². The summed E-state index contributed by atoms with van der Waals surface area (Å²) in [6.45, 7) is 3.04. The Morgan fingerprint density at radius 1 is 1.13 bits per heavy atom. The highest BCUT2D eigenvalue weighted by Gasteiger charge is 1.91. The van der Waals surface area contributed by atoms with Crippen molar-refractivity contribution >= 4 is 9.52 Å². The second kappa shape index (κ2) is 8.65. The minimum absolute atomic E-state index is 0.158. The number of benzene rings is 1. The third-order valence-electron chi connectivity index (χ3n) is 2.48. The van der Waals surface area contributed by atoms with Crippen molar-refractivity contribution in [3.05, 3.63) is 35.9 Å². The van der Waals surface area contributed by atoms with Crippen molar-refractivity contribution < 1.29 is 0 Å². The van der Waals surface area contributed by atoms with E-state index < -0.39 is 0 Å². The van der Waals surface area contributed by atoms with E-state index >= 15 is 0 Å². The molecule has 1 rings (SSSR count). The van der Waals surface area contributed by atoms with Crippen molar-refractivity contribution in [1.29, 1.82) is 0 Å². The van der Waals surface area contributed by atoms with Crippen molar-refractivity contribution in [2.45, 2.75) is 25.1 Å². The van der Waals surface area contributed by atoms with Gasteiger partial charge in [-0.2, -0.15) is 0 Å². The van der Waals surface area contributed by atoms with Crippen LogP contribution in [0.15, 0.2) is 30.3 Å². The summed E-state index contributed by atoms with van der Waals surface area (Å²) in [5.74, 6) is 0. The molecule has 0 unspecified atom stereocenters. The summed E-state index contributed by atoms with van der Waals surface area (Å²) in [6, 6.07) is 13.4. The molecule has 0 amide bonds. The molecule has 2 nitrogen and oxygen atoms in total. The van der Waals surface area contributed by atoms with Crippen LogP contribution in [0, 0.1) is 0 Å². The monoisotopic (exact) mass is 222 g/mol. The normalized spacial score (nSPS) is 11.3. The number of hydrogen-bond donors (Lipinski definition) is 2. The molecule has 0 spiro atoms. The summed E-state index contributed by atoms with van der Waals surface area (Å²) in [6.07, 6.45) is 1.23. The number of rotatable bonds is 8. The number of hydrogen-bond acceptors (Lipinski definition) is 2. The molecule has 0 radical (unpaired) electrons. The number of nitrogens with two attached hydrogens (primary N) is 1. The molecule has 0 saturated carbocycles. The van der Waals surface area contributed by atoms with Gasteiger partial charge >= 0.3 is 0 Å². The second-order valence-corrected chi connectivity index (χ2v) is 5.99. The van der Waals surface area contributed by atoms with Gasteiger partial charge in [-0.3, -0.25) is 0 Å². The molecule has 15 heavy (non-hydrogen) atoms. The first-order valence-corrected chi connectivity index (χ1v) is 7.88. The summed E-state index contributed by atoms with van der Waals surface area (Å²) >= 11 is 0. The molecule has 1 aromatic rings. The van der Waals surface area contributed by atoms with E-state index in [1.54, 1.807) is 0 Å². The fraction of sp³-hybridized carbons (Fsp3) is 0.500. The van der Waals surface area contributed by atoms with Crippen molar-refractivity contribution in [3.8, 4) is 0 Å². The van der Waals surface area contributed by atoms with Crippen LogP contribution >= 0.6 is 0 Å². The highest BCUT2D eigenvalue weighted by atomic mass is 28.2. The van der Waals surface area contributed by atoms with E-state index in [4.69, 9.17) is 5.73 Å². The molecule has 0 aromatic heterocycles. The van der Waals surface area contributed by atoms with Crippen LogP contribution < -0.4 is 11.1 Å². The lowest BCUT2D eigenvalue weighted by molar-refractivity contribution is 0.723. The van der Waals surface area contributed by atoms with Crippen LogP contribution in [-0.4, -0.2) is 22.6 Å². The zero-order valence-corrected chi connectivity index (χ0v) is 10.8. The first-order valence-electron chi connectivity index (χ1n) is 5.88. The van der Waals surface area contributed by atoms with Gasteiger partial charge in [0.15, 0.2) is 0 Å². The number of nitrogens with one attached hydrogen (secondary N) is 1. The van der Waals surface area contributed by atoms with Gasteiger partial charge in [0.1, 0.15) is 0 Å². The van der Waals surface area contributed by atoms with E-state index in [0.717, 1.165) is 13.1 Å². The lowest BCUT2D eigenvalue weighted by Gasteiger charge is -2.04. The Balaban J connectivity index is 1.93. The van der Waals surface area contributed by atoms with Gasteiger partial charge in [0.2, 0.25) is 0 Å². The highest BCUT2D eigenvalue weighted by Crippen LogP contribution is 1.97. The molecular weight excluding hydrogens is 200 g/mol. The predicted molar refractivity (Wildman–Crippen MR) is 70.0 cm³/mol. The fourth-order valence-electron chi connectivity index (χ4n) is 1.58. The van der Waals surface area contributed by atoms with E-state index in [-0.39, 0.29) is 9.52 Å². The van der Waals surface area contributed by atoms with E-state index in [1.165, 1.54) is 30.6 Å². The maximum Gasteiger partial charge on any atom is 0.0213 e. The van der Waals surface area contributed by atoms with Gasteiger partial charge < -0.3 is 11.1 Å². The SMILES string of the molecule is NCCC[SiH2]CCNCc1ccccc1. The summed E-state index contributed by atoms with van der Waals surface area (Å²) < 4.78 is 0. The molecule has 0 atom stereocenters. The topological polar surface area (TPSA) is 38.0 Å². The molecule has 3 N–H and O–H groups in total. The maximum absolute atomic E-state index is 5.45. The predicted octanol–water partition coefficient (Wildman–Crippen LogP) is 1.13. The van der Waals surface area contributed by atoms with E-state index in [0.29, 0.717) is 0 Å². The van der Waals surface area contributed by atoms with E-state index in [1.807, 2.05) is 0 Å². The van der Waals surface area contributed by atoms with Gasteiger partial charge in [0.25, 0.3) is 0 Å². The van der Waals surface area contributed by atoms with E-state index in [2.05, 4.69) is 35.6 Å². The Kier molecular flexibility index (Phi) is 7.16. The van der Waals surface area contributed by atoms with Crippen LogP contribution in [0.4, 0.5) is 0 Å². The maximum atomic E-state index is 5.45. The van der Waals surface area contributed by atoms with Crippen molar-refractivity contribution in [1.82, 2.24) is 5.32 Å². The molecule has 0 bridgehead atoms. The second-order valence-electron chi connectivity index (χ2n) is 3.87. The third kappa shape index (κ3) is 6.44. The first kappa shape index (κ1) is 12.4. The van der Waals surface area contributed by atoms with Crippen molar-refractivity contribution in [2.24, 2.45) is 5.73 Å². The van der Waals surface area contributed by atoms with Crippen LogP contribution in [0.5, 0.6) is 0 Å². The molecule has 0 fully saturated rings. The quantitative estimate of drug-likeness (QED) is 0.511. The molecule has 84 valence electrons. The summed E-state index contributed by atoms with van der Waals surface area (Å²) in [5, 5.41) is 3.48. The zero-order valence-electron chi connectivity index (χ0n) is 9.41. The van der Waals surface area contributed by atoms with Crippen LogP contribution in [0.1, 0.15) is 12.0 Å². The Labute approximate surface area is 95.1 Å². The Morgan fingerprint density at radius 2 is 1.93 bits per heavy atom. The summed E-state index contributed by atoms with van der Waals surface area (Å²) in [5.41, 5.74) is 6.83. The van der Waals surface area contributed by atoms with Gasteiger partial charge in [0.05, 0.1) is 0 Å². The average Bonchev–Trinajstić information content (AvgIpc) is 2.29.